The normalized spacial score (nSPS) is 16.5. The Morgan fingerprint density at radius 2 is 2.00 bits per heavy atom. The molecular weight excluding hydrogens is 392 g/mol. The first kappa shape index (κ1) is 19.3. The molecule has 0 spiro atoms. The average Bonchev–Trinajstić information content (AvgIpc) is 3.44. The van der Waals surface area contributed by atoms with Gasteiger partial charge < -0.3 is 4.90 Å². The van der Waals surface area contributed by atoms with Gasteiger partial charge in [0.2, 0.25) is 0 Å². The van der Waals surface area contributed by atoms with E-state index in [9.17, 15) is 4.79 Å². The van der Waals surface area contributed by atoms with Crippen molar-refractivity contribution in [2.45, 2.75) is 45.2 Å². The summed E-state index contributed by atoms with van der Waals surface area (Å²) in [6.45, 7) is 5.64. The molecule has 1 saturated heterocycles. The number of fused-ring (bicyclic) bond motifs is 1. The predicted octanol–water partition coefficient (Wildman–Crippen LogP) is 2.54. The maximum absolute atomic E-state index is 12.6. The molecule has 0 bridgehead atoms. The predicted molar refractivity (Wildman–Crippen MR) is 117 cm³/mol. The zero-order chi connectivity index (χ0) is 21.4. The number of anilines is 1. The molecule has 4 aromatic heterocycles. The minimum atomic E-state index is -0.104. The van der Waals surface area contributed by atoms with Gasteiger partial charge in [-0.15, -0.1) is 0 Å². The second-order valence-electron chi connectivity index (χ2n) is 8.13. The number of pyridine rings is 1. The molecule has 9 heteroatoms. The Morgan fingerprint density at radius 1 is 1.16 bits per heavy atom. The van der Waals surface area contributed by atoms with Crippen LogP contribution in [0.1, 0.15) is 38.3 Å². The van der Waals surface area contributed by atoms with Gasteiger partial charge >= 0.3 is 0 Å². The summed E-state index contributed by atoms with van der Waals surface area (Å²) in [7, 11) is 0. The van der Waals surface area contributed by atoms with Crippen LogP contribution in [0.2, 0.25) is 0 Å². The summed E-state index contributed by atoms with van der Waals surface area (Å²) in [5.74, 6) is 1.84. The molecule has 158 valence electrons. The zero-order valence-corrected chi connectivity index (χ0v) is 17.6. The number of nitrogens with zero attached hydrogens (tertiary/aromatic N) is 8. The summed E-state index contributed by atoms with van der Waals surface area (Å²) in [4.78, 5) is 27.9. The van der Waals surface area contributed by atoms with Gasteiger partial charge in [-0.3, -0.25) is 9.78 Å². The Kier molecular flexibility index (Phi) is 4.93. The molecule has 5 rings (SSSR count). The highest BCUT2D eigenvalue weighted by Gasteiger charge is 2.29. The Hall–Kier alpha value is -3.62. The molecule has 31 heavy (non-hydrogen) atoms. The van der Waals surface area contributed by atoms with Gasteiger partial charge in [0.05, 0.1) is 24.0 Å². The Balaban J connectivity index is 1.49. The minimum Gasteiger partial charge on any atom is -0.352 e. The third kappa shape index (κ3) is 3.67. The van der Waals surface area contributed by atoms with E-state index >= 15 is 0 Å². The zero-order valence-electron chi connectivity index (χ0n) is 17.6. The summed E-state index contributed by atoms with van der Waals surface area (Å²) >= 11 is 0. The van der Waals surface area contributed by atoms with E-state index < -0.39 is 0 Å². The molecule has 0 radical (unpaired) electrons. The number of hydrogen-bond donors (Lipinski definition) is 0. The molecule has 5 heterocycles. The van der Waals surface area contributed by atoms with Gasteiger partial charge in [0.15, 0.2) is 0 Å². The van der Waals surface area contributed by atoms with Crippen LogP contribution in [0.5, 0.6) is 0 Å². The Morgan fingerprint density at radius 3 is 2.81 bits per heavy atom. The lowest BCUT2D eigenvalue weighted by Gasteiger charge is -2.27. The van der Waals surface area contributed by atoms with Gasteiger partial charge in [-0.05, 0) is 37.0 Å². The molecule has 0 N–H and O–H groups in total. The largest absolute Gasteiger partial charge is 0.352 e. The van der Waals surface area contributed by atoms with Crippen LogP contribution < -0.4 is 10.5 Å². The molecule has 0 aromatic carbocycles. The van der Waals surface area contributed by atoms with E-state index in [-0.39, 0.29) is 17.5 Å². The summed E-state index contributed by atoms with van der Waals surface area (Å²) in [5, 5.41) is 9.02. The quantitative estimate of drug-likeness (QED) is 0.493. The molecule has 1 unspecified atom stereocenters. The molecule has 0 saturated carbocycles. The topological polar surface area (TPSA) is 94.1 Å². The van der Waals surface area contributed by atoms with Crippen molar-refractivity contribution in [2.24, 2.45) is 0 Å². The minimum absolute atomic E-state index is 0.104. The maximum atomic E-state index is 12.6. The van der Waals surface area contributed by atoms with Crippen LogP contribution in [0.25, 0.3) is 17.0 Å². The lowest BCUT2D eigenvalue weighted by Crippen LogP contribution is -2.38. The van der Waals surface area contributed by atoms with Crippen LogP contribution in [0.15, 0.2) is 53.8 Å². The standard InChI is InChI=1S/C22H24N8O/c1-15(2)19-12-20(30-22(26-19)24-14-25-30)28-11-3-4-17(28)13-29-21(31)6-5-18(27-29)16-7-9-23-10-8-16/h5-10,12,14-15,17H,3-4,11,13H2,1-2H3. The average molecular weight is 416 g/mol. The van der Waals surface area contributed by atoms with Crippen molar-refractivity contribution in [1.82, 2.24) is 34.3 Å². The Bertz CT molecular complexity index is 1260. The van der Waals surface area contributed by atoms with Crippen LogP contribution in [0.3, 0.4) is 0 Å². The van der Waals surface area contributed by atoms with Gasteiger partial charge in [0, 0.05) is 36.6 Å². The number of aromatic nitrogens is 7. The molecule has 9 nitrogen and oxygen atoms in total. The van der Waals surface area contributed by atoms with Crippen molar-refractivity contribution >= 4 is 11.6 Å². The summed E-state index contributed by atoms with van der Waals surface area (Å²) in [6, 6.07) is 9.36. The second kappa shape index (κ2) is 7.90. The molecular formula is C22H24N8O. The van der Waals surface area contributed by atoms with E-state index in [1.807, 2.05) is 12.1 Å². The molecule has 1 fully saturated rings. The monoisotopic (exact) mass is 416 g/mol. The molecule has 0 aliphatic carbocycles. The SMILES string of the molecule is CC(C)c1cc(N2CCCC2Cn2nc(-c3ccncc3)ccc2=O)n2ncnc2n1. The molecule has 1 atom stereocenters. The number of hydrogen-bond acceptors (Lipinski definition) is 7. The van der Waals surface area contributed by atoms with Gasteiger partial charge in [-0.25, -0.2) is 9.67 Å². The van der Waals surface area contributed by atoms with E-state index in [1.165, 1.54) is 6.33 Å². The van der Waals surface area contributed by atoms with Crippen molar-refractivity contribution in [3.63, 3.8) is 0 Å². The van der Waals surface area contributed by atoms with Gasteiger partial charge in [-0.2, -0.15) is 19.7 Å². The molecule has 1 aliphatic heterocycles. The highest BCUT2D eigenvalue weighted by molar-refractivity contribution is 5.57. The van der Waals surface area contributed by atoms with Crippen molar-refractivity contribution in [2.75, 3.05) is 11.4 Å². The van der Waals surface area contributed by atoms with E-state index in [0.717, 1.165) is 42.2 Å². The first-order valence-electron chi connectivity index (χ1n) is 10.6. The van der Waals surface area contributed by atoms with Crippen molar-refractivity contribution in [3.8, 4) is 11.3 Å². The summed E-state index contributed by atoms with van der Waals surface area (Å²) in [5.41, 5.74) is 2.58. The number of rotatable bonds is 5. The summed E-state index contributed by atoms with van der Waals surface area (Å²) < 4.78 is 3.36. The third-order valence-corrected chi connectivity index (χ3v) is 5.74. The smallest absolute Gasteiger partial charge is 0.266 e. The van der Waals surface area contributed by atoms with Gasteiger partial charge in [-0.1, -0.05) is 13.8 Å². The van der Waals surface area contributed by atoms with E-state index in [4.69, 9.17) is 0 Å². The van der Waals surface area contributed by atoms with Crippen LogP contribution in [-0.4, -0.2) is 46.9 Å². The van der Waals surface area contributed by atoms with E-state index in [2.05, 4.69) is 50.0 Å². The van der Waals surface area contributed by atoms with Crippen LogP contribution in [0, 0.1) is 0 Å². The fourth-order valence-corrected chi connectivity index (χ4v) is 4.10. The van der Waals surface area contributed by atoms with E-state index in [0.29, 0.717) is 12.3 Å². The third-order valence-electron chi connectivity index (χ3n) is 5.74. The maximum Gasteiger partial charge on any atom is 0.266 e. The highest BCUT2D eigenvalue weighted by atomic mass is 16.1. The fourth-order valence-electron chi connectivity index (χ4n) is 4.10. The van der Waals surface area contributed by atoms with Gasteiger partial charge in [0.1, 0.15) is 12.1 Å². The molecule has 0 amide bonds. The highest BCUT2D eigenvalue weighted by Crippen LogP contribution is 2.28. The lowest BCUT2D eigenvalue weighted by molar-refractivity contribution is 0.487. The lowest BCUT2D eigenvalue weighted by atomic mass is 10.1. The first-order chi connectivity index (χ1) is 15.1. The van der Waals surface area contributed by atoms with Crippen molar-refractivity contribution < 1.29 is 0 Å². The van der Waals surface area contributed by atoms with E-state index in [1.54, 1.807) is 33.7 Å². The molecule has 4 aromatic rings. The molecule has 1 aliphatic rings. The summed E-state index contributed by atoms with van der Waals surface area (Å²) in [6.07, 6.45) is 7.00. The van der Waals surface area contributed by atoms with Crippen molar-refractivity contribution in [1.29, 1.82) is 0 Å². The second-order valence-corrected chi connectivity index (χ2v) is 8.13. The fraction of sp³-hybridized carbons (Fsp3) is 0.364. The van der Waals surface area contributed by atoms with Crippen molar-refractivity contribution in [3.05, 3.63) is 65.1 Å². The van der Waals surface area contributed by atoms with Crippen LogP contribution in [-0.2, 0) is 6.54 Å². The Labute approximate surface area is 179 Å². The van der Waals surface area contributed by atoms with Crippen LogP contribution >= 0.6 is 0 Å². The first-order valence-corrected chi connectivity index (χ1v) is 10.6. The van der Waals surface area contributed by atoms with Crippen LogP contribution in [0.4, 0.5) is 5.82 Å². The van der Waals surface area contributed by atoms with Gasteiger partial charge in [0.25, 0.3) is 11.3 Å².